The van der Waals surface area contributed by atoms with Gasteiger partial charge in [-0.2, -0.15) is 0 Å². The van der Waals surface area contributed by atoms with Crippen LogP contribution in [0.25, 0.3) is 0 Å². The number of piperidine rings is 1. The van der Waals surface area contributed by atoms with Gasteiger partial charge in [0.05, 0.1) is 14.2 Å². The van der Waals surface area contributed by atoms with Crippen molar-refractivity contribution in [2.75, 3.05) is 40.4 Å². The topological polar surface area (TPSA) is 80.4 Å². The number of fused-ring (bicyclic) bond motifs is 1. The summed E-state index contributed by atoms with van der Waals surface area (Å²) in [6.45, 7) is 6.16. The van der Waals surface area contributed by atoms with Gasteiger partial charge in [-0.15, -0.1) is 0 Å². The van der Waals surface area contributed by atoms with Gasteiger partial charge in [0, 0.05) is 39.1 Å². The van der Waals surface area contributed by atoms with Crippen LogP contribution in [0.15, 0.2) is 17.1 Å². The van der Waals surface area contributed by atoms with E-state index in [0.717, 1.165) is 43.8 Å². The minimum absolute atomic E-state index is 0.172. The molecule has 3 rings (SSSR count). The summed E-state index contributed by atoms with van der Waals surface area (Å²) in [5.41, 5.74) is 8.48. The van der Waals surface area contributed by atoms with E-state index in [0.29, 0.717) is 37.1 Å². The Balaban J connectivity index is 1.49. The molecule has 1 amide bonds. The molecule has 1 unspecified atom stereocenters. The number of hydrogen-bond acceptors (Lipinski definition) is 4. The van der Waals surface area contributed by atoms with Crippen molar-refractivity contribution in [2.24, 2.45) is 16.6 Å². The number of likely N-dealkylation sites (tertiary alicyclic amines) is 1. The lowest BCUT2D eigenvalue weighted by atomic mass is 9.98. The third kappa shape index (κ3) is 5.34. The largest absolute Gasteiger partial charge is 0.493 e. The second kappa shape index (κ2) is 9.85. The van der Waals surface area contributed by atoms with Crippen LogP contribution >= 0.6 is 0 Å². The first-order chi connectivity index (χ1) is 14.0. The Morgan fingerprint density at radius 2 is 1.90 bits per heavy atom. The standard InChI is InChI=1S/C22H34N4O3/c1-16-6-5-10-26(14-16)22(23)24-9-4-7-21(27)25-11-8-17-12-19(28-2)20(29-3)13-18(17)15-25/h12-13,16H,4-11,14-15H2,1-3H3,(H2,23,24). The molecule has 7 nitrogen and oxygen atoms in total. The first-order valence-corrected chi connectivity index (χ1v) is 10.6. The van der Waals surface area contributed by atoms with Crippen LogP contribution in [-0.4, -0.2) is 62.1 Å². The molecule has 160 valence electrons. The van der Waals surface area contributed by atoms with E-state index in [4.69, 9.17) is 15.2 Å². The van der Waals surface area contributed by atoms with Crippen LogP contribution in [0, 0.1) is 5.92 Å². The number of aliphatic imine (C=N–C) groups is 1. The molecule has 2 heterocycles. The zero-order chi connectivity index (χ0) is 20.8. The number of hydrogen-bond donors (Lipinski definition) is 1. The highest BCUT2D eigenvalue weighted by molar-refractivity contribution is 5.78. The molecule has 0 bridgehead atoms. The van der Waals surface area contributed by atoms with Crippen molar-refractivity contribution in [1.82, 2.24) is 9.80 Å². The average molecular weight is 403 g/mol. The summed E-state index contributed by atoms with van der Waals surface area (Å²) in [4.78, 5) is 21.2. The lowest BCUT2D eigenvalue weighted by Crippen LogP contribution is -2.43. The van der Waals surface area contributed by atoms with Gasteiger partial charge in [0.2, 0.25) is 5.91 Å². The molecule has 2 N–H and O–H groups in total. The fourth-order valence-electron chi connectivity index (χ4n) is 4.18. The van der Waals surface area contributed by atoms with Crippen molar-refractivity contribution < 1.29 is 14.3 Å². The molecule has 0 aromatic heterocycles. The zero-order valence-corrected chi connectivity index (χ0v) is 17.9. The fraction of sp³-hybridized carbons (Fsp3) is 0.636. The second-order valence-electron chi connectivity index (χ2n) is 8.08. The number of methoxy groups -OCH3 is 2. The Labute approximate surface area is 173 Å². The summed E-state index contributed by atoms with van der Waals surface area (Å²) in [5, 5.41) is 0. The normalized spacial score (nSPS) is 19.7. The SMILES string of the molecule is COc1cc2c(cc1OC)CN(C(=O)CCCN=C(N)N1CCCC(C)C1)CC2. The third-order valence-electron chi connectivity index (χ3n) is 5.87. The van der Waals surface area contributed by atoms with Crippen LogP contribution in [0.4, 0.5) is 0 Å². The molecule has 0 saturated carbocycles. The summed E-state index contributed by atoms with van der Waals surface area (Å²) in [6, 6.07) is 4.01. The van der Waals surface area contributed by atoms with Gasteiger partial charge < -0.3 is 25.0 Å². The van der Waals surface area contributed by atoms with Crippen molar-refractivity contribution in [3.8, 4) is 11.5 Å². The van der Waals surface area contributed by atoms with Crippen molar-refractivity contribution in [3.05, 3.63) is 23.3 Å². The first-order valence-electron chi connectivity index (χ1n) is 10.6. The predicted octanol–water partition coefficient (Wildman–Crippen LogP) is 2.42. The molecule has 1 aromatic carbocycles. The quantitative estimate of drug-likeness (QED) is 0.449. The van der Waals surface area contributed by atoms with Gasteiger partial charge >= 0.3 is 0 Å². The van der Waals surface area contributed by atoms with E-state index in [1.807, 2.05) is 17.0 Å². The van der Waals surface area contributed by atoms with Crippen molar-refractivity contribution >= 4 is 11.9 Å². The van der Waals surface area contributed by atoms with Crippen LogP contribution in [0.3, 0.4) is 0 Å². The van der Waals surface area contributed by atoms with E-state index >= 15 is 0 Å². The van der Waals surface area contributed by atoms with E-state index in [-0.39, 0.29) is 5.91 Å². The van der Waals surface area contributed by atoms with Crippen LogP contribution in [-0.2, 0) is 17.8 Å². The van der Waals surface area contributed by atoms with Gasteiger partial charge in [0.1, 0.15) is 0 Å². The summed E-state index contributed by atoms with van der Waals surface area (Å²) in [6.07, 6.45) is 4.48. The van der Waals surface area contributed by atoms with Crippen molar-refractivity contribution in [1.29, 1.82) is 0 Å². The summed E-state index contributed by atoms with van der Waals surface area (Å²) in [7, 11) is 3.27. The van der Waals surface area contributed by atoms with Gasteiger partial charge in [0.25, 0.3) is 0 Å². The lowest BCUT2D eigenvalue weighted by molar-refractivity contribution is -0.132. The number of nitrogens with two attached hydrogens (primary N) is 1. The number of ether oxygens (including phenoxy) is 2. The number of nitrogens with zero attached hydrogens (tertiary/aromatic N) is 3. The number of rotatable bonds is 6. The molecule has 0 aliphatic carbocycles. The zero-order valence-electron chi connectivity index (χ0n) is 17.9. The average Bonchev–Trinajstić information content (AvgIpc) is 2.74. The van der Waals surface area contributed by atoms with Gasteiger partial charge in [-0.25, -0.2) is 0 Å². The van der Waals surface area contributed by atoms with Crippen LogP contribution in [0.1, 0.15) is 43.7 Å². The van der Waals surface area contributed by atoms with Crippen LogP contribution < -0.4 is 15.2 Å². The number of guanidine groups is 1. The molecule has 0 radical (unpaired) electrons. The maximum absolute atomic E-state index is 12.7. The molecule has 29 heavy (non-hydrogen) atoms. The van der Waals surface area contributed by atoms with E-state index in [9.17, 15) is 4.79 Å². The van der Waals surface area contributed by atoms with Gasteiger partial charge in [0.15, 0.2) is 17.5 Å². The second-order valence-corrected chi connectivity index (χ2v) is 8.08. The smallest absolute Gasteiger partial charge is 0.222 e. The Morgan fingerprint density at radius 3 is 2.59 bits per heavy atom. The monoisotopic (exact) mass is 402 g/mol. The molecule has 1 saturated heterocycles. The molecule has 1 aromatic rings. The molecule has 2 aliphatic rings. The summed E-state index contributed by atoms with van der Waals surface area (Å²) < 4.78 is 10.8. The summed E-state index contributed by atoms with van der Waals surface area (Å²) in [5.74, 6) is 2.91. The molecule has 0 spiro atoms. The summed E-state index contributed by atoms with van der Waals surface area (Å²) >= 11 is 0. The van der Waals surface area contributed by atoms with E-state index in [1.54, 1.807) is 14.2 Å². The maximum atomic E-state index is 12.7. The Kier molecular flexibility index (Phi) is 7.23. The Bertz CT molecular complexity index is 750. The van der Waals surface area contributed by atoms with E-state index in [2.05, 4.69) is 16.8 Å². The predicted molar refractivity (Wildman–Crippen MR) is 114 cm³/mol. The Hall–Kier alpha value is -2.44. The van der Waals surface area contributed by atoms with E-state index < -0.39 is 0 Å². The molecule has 7 heteroatoms. The molecule has 1 fully saturated rings. The molecule has 1 atom stereocenters. The van der Waals surface area contributed by atoms with E-state index in [1.165, 1.54) is 18.4 Å². The molecule has 2 aliphatic heterocycles. The van der Waals surface area contributed by atoms with Crippen molar-refractivity contribution in [2.45, 2.75) is 45.6 Å². The first kappa shape index (κ1) is 21.3. The molecular weight excluding hydrogens is 368 g/mol. The number of amides is 1. The lowest BCUT2D eigenvalue weighted by Gasteiger charge is -2.31. The third-order valence-corrected chi connectivity index (χ3v) is 5.87. The van der Waals surface area contributed by atoms with Gasteiger partial charge in [-0.1, -0.05) is 6.92 Å². The van der Waals surface area contributed by atoms with Gasteiger partial charge in [-0.05, 0) is 54.9 Å². The fourth-order valence-corrected chi connectivity index (χ4v) is 4.18. The Morgan fingerprint density at radius 1 is 1.17 bits per heavy atom. The number of carbonyl (C=O) groups excluding carboxylic acids is 1. The van der Waals surface area contributed by atoms with Crippen LogP contribution in [0.2, 0.25) is 0 Å². The van der Waals surface area contributed by atoms with Crippen molar-refractivity contribution in [3.63, 3.8) is 0 Å². The highest BCUT2D eigenvalue weighted by Crippen LogP contribution is 2.33. The minimum atomic E-state index is 0.172. The van der Waals surface area contributed by atoms with Crippen LogP contribution in [0.5, 0.6) is 11.5 Å². The number of benzene rings is 1. The minimum Gasteiger partial charge on any atom is -0.493 e. The molecular formula is C22H34N4O3. The highest BCUT2D eigenvalue weighted by atomic mass is 16.5. The van der Waals surface area contributed by atoms with Gasteiger partial charge in [-0.3, -0.25) is 9.79 Å². The number of carbonyl (C=O) groups is 1. The highest BCUT2D eigenvalue weighted by Gasteiger charge is 2.22. The maximum Gasteiger partial charge on any atom is 0.222 e.